The molecule has 1 unspecified atom stereocenters. The van der Waals surface area contributed by atoms with E-state index in [0.29, 0.717) is 17.7 Å². The molecule has 0 fully saturated rings. The van der Waals surface area contributed by atoms with Crippen molar-refractivity contribution >= 4 is 17.6 Å². The normalized spacial score (nSPS) is 11.7. The van der Waals surface area contributed by atoms with Crippen molar-refractivity contribution < 1.29 is 14.7 Å². The van der Waals surface area contributed by atoms with Gasteiger partial charge in [-0.15, -0.1) is 0 Å². The van der Waals surface area contributed by atoms with Crippen LogP contribution in [-0.2, 0) is 16.0 Å². The number of anilines is 1. The summed E-state index contributed by atoms with van der Waals surface area (Å²) in [5.41, 5.74) is 2.57. The van der Waals surface area contributed by atoms with Crippen molar-refractivity contribution in [3.63, 3.8) is 0 Å². The van der Waals surface area contributed by atoms with E-state index in [-0.39, 0.29) is 18.2 Å². The third-order valence-electron chi connectivity index (χ3n) is 3.79. The summed E-state index contributed by atoms with van der Waals surface area (Å²) < 4.78 is 0. The molecule has 0 saturated heterocycles. The van der Waals surface area contributed by atoms with Crippen LogP contribution in [0.2, 0.25) is 0 Å². The molecule has 2 N–H and O–H groups in total. The van der Waals surface area contributed by atoms with Gasteiger partial charge >= 0.3 is 5.97 Å². The molecule has 0 aliphatic heterocycles. The van der Waals surface area contributed by atoms with Crippen molar-refractivity contribution in [3.8, 4) is 0 Å². The van der Waals surface area contributed by atoms with Crippen molar-refractivity contribution in [2.24, 2.45) is 0 Å². The smallest absolute Gasteiger partial charge is 0.307 e. The highest BCUT2D eigenvalue weighted by Crippen LogP contribution is 2.23. The number of carbonyl (C=O) groups excluding carboxylic acids is 1. The molecule has 2 aromatic rings. The van der Waals surface area contributed by atoms with Crippen molar-refractivity contribution in [1.82, 2.24) is 0 Å². The van der Waals surface area contributed by atoms with E-state index >= 15 is 0 Å². The Hall–Kier alpha value is -2.62. The number of carbonyl (C=O) groups is 2. The van der Waals surface area contributed by atoms with E-state index in [2.05, 4.69) is 12.2 Å². The average molecular weight is 311 g/mol. The molecule has 23 heavy (non-hydrogen) atoms. The number of benzene rings is 2. The Labute approximate surface area is 136 Å². The van der Waals surface area contributed by atoms with Gasteiger partial charge in [0.15, 0.2) is 0 Å². The fourth-order valence-corrected chi connectivity index (χ4v) is 2.54. The fourth-order valence-electron chi connectivity index (χ4n) is 2.54. The summed E-state index contributed by atoms with van der Waals surface area (Å²) in [7, 11) is 0. The lowest BCUT2D eigenvalue weighted by molar-refractivity contribution is -0.136. The molecule has 0 aromatic heterocycles. The van der Waals surface area contributed by atoms with Crippen molar-refractivity contribution in [2.75, 3.05) is 5.32 Å². The molecular formula is C19H21NO3. The predicted molar refractivity (Wildman–Crippen MR) is 90.5 cm³/mol. The zero-order valence-corrected chi connectivity index (χ0v) is 13.2. The molecule has 0 spiro atoms. The second-order valence-electron chi connectivity index (χ2n) is 5.54. The number of carboxylic acids is 1. The van der Waals surface area contributed by atoms with Crippen LogP contribution >= 0.6 is 0 Å². The SMILES string of the molecule is CCC(CC(=O)Nc1ccc(CC(=O)O)cc1)c1ccccc1. The van der Waals surface area contributed by atoms with Gasteiger partial charge in [0.25, 0.3) is 0 Å². The van der Waals surface area contributed by atoms with Crippen LogP contribution in [0.15, 0.2) is 54.6 Å². The van der Waals surface area contributed by atoms with E-state index in [1.807, 2.05) is 30.3 Å². The number of amides is 1. The van der Waals surface area contributed by atoms with Gasteiger partial charge in [-0.25, -0.2) is 0 Å². The van der Waals surface area contributed by atoms with E-state index in [1.165, 1.54) is 5.56 Å². The van der Waals surface area contributed by atoms with Crippen LogP contribution in [0.25, 0.3) is 0 Å². The van der Waals surface area contributed by atoms with Gasteiger partial charge in [0.2, 0.25) is 5.91 Å². The maximum Gasteiger partial charge on any atom is 0.307 e. The second-order valence-corrected chi connectivity index (χ2v) is 5.54. The number of carboxylic acid groups (broad SMARTS) is 1. The van der Waals surface area contributed by atoms with Crippen LogP contribution in [0.3, 0.4) is 0 Å². The topological polar surface area (TPSA) is 66.4 Å². The van der Waals surface area contributed by atoms with Gasteiger partial charge < -0.3 is 10.4 Å². The first-order valence-corrected chi connectivity index (χ1v) is 7.74. The fraction of sp³-hybridized carbons (Fsp3) is 0.263. The quantitative estimate of drug-likeness (QED) is 0.816. The summed E-state index contributed by atoms with van der Waals surface area (Å²) in [6.07, 6.45) is 1.31. The van der Waals surface area contributed by atoms with Crippen LogP contribution in [0.4, 0.5) is 5.69 Å². The number of hydrogen-bond acceptors (Lipinski definition) is 2. The number of rotatable bonds is 7. The maximum absolute atomic E-state index is 12.2. The largest absolute Gasteiger partial charge is 0.481 e. The van der Waals surface area contributed by atoms with E-state index in [4.69, 9.17) is 5.11 Å². The molecule has 4 heteroatoms. The Morgan fingerprint density at radius 2 is 1.70 bits per heavy atom. The molecule has 0 heterocycles. The number of nitrogens with one attached hydrogen (secondary N) is 1. The summed E-state index contributed by atoms with van der Waals surface area (Å²) >= 11 is 0. The summed E-state index contributed by atoms with van der Waals surface area (Å²) in [6.45, 7) is 2.08. The minimum absolute atomic E-state index is 0.0137. The Balaban J connectivity index is 1.94. The van der Waals surface area contributed by atoms with Crippen LogP contribution < -0.4 is 5.32 Å². The first-order valence-electron chi connectivity index (χ1n) is 7.74. The minimum atomic E-state index is -0.865. The molecule has 0 aliphatic carbocycles. The minimum Gasteiger partial charge on any atom is -0.481 e. The Morgan fingerprint density at radius 3 is 2.26 bits per heavy atom. The Kier molecular flexibility index (Phi) is 5.92. The molecule has 2 rings (SSSR count). The van der Waals surface area contributed by atoms with Gasteiger partial charge in [0, 0.05) is 12.1 Å². The molecule has 1 amide bonds. The molecule has 4 nitrogen and oxygen atoms in total. The van der Waals surface area contributed by atoms with Gasteiger partial charge in [0.05, 0.1) is 6.42 Å². The molecule has 0 radical (unpaired) electrons. The monoisotopic (exact) mass is 311 g/mol. The molecule has 2 aromatic carbocycles. The van der Waals surface area contributed by atoms with Crippen molar-refractivity contribution in [1.29, 1.82) is 0 Å². The van der Waals surface area contributed by atoms with Gasteiger partial charge in [-0.2, -0.15) is 0 Å². The first-order chi connectivity index (χ1) is 11.1. The summed E-state index contributed by atoms with van der Waals surface area (Å²) in [5, 5.41) is 11.6. The molecule has 1 atom stereocenters. The lowest BCUT2D eigenvalue weighted by atomic mass is 9.93. The van der Waals surface area contributed by atoms with E-state index in [1.54, 1.807) is 24.3 Å². The van der Waals surface area contributed by atoms with Gasteiger partial charge in [-0.3, -0.25) is 9.59 Å². The highest BCUT2D eigenvalue weighted by Gasteiger charge is 2.14. The summed E-state index contributed by atoms with van der Waals surface area (Å²) in [4.78, 5) is 22.9. The molecule has 0 bridgehead atoms. The van der Waals surface area contributed by atoms with Crippen LogP contribution in [0.5, 0.6) is 0 Å². The maximum atomic E-state index is 12.2. The van der Waals surface area contributed by atoms with Gasteiger partial charge in [-0.05, 0) is 35.6 Å². The van der Waals surface area contributed by atoms with Crippen molar-refractivity contribution in [3.05, 3.63) is 65.7 Å². The van der Waals surface area contributed by atoms with Crippen LogP contribution in [0, 0.1) is 0 Å². The highest BCUT2D eigenvalue weighted by molar-refractivity contribution is 5.91. The predicted octanol–water partition coefficient (Wildman–Crippen LogP) is 3.84. The zero-order chi connectivity index (χ0) is 16.7. The van der Waals surface area contributed by atoms with Gasteiger partial charge in [0.1, 0.15) is 0 Å². The zero-order valence-electron chi connectivity index (χ0n) is 13.2. The molecule has 0 saturated carbocycles. The number of aliphatic carboxylic acids is 1. The molecule has 0 aliphatic rings. The van der Waals surface area contributed by atoms with Gasteiger partial charge in [-0.1, -0.05) is 49.4 Å². The van der Waals surface area contributed by atoms with Crippen molar-refractivity contribution in [2.45, 2.75) is 32.1 Å². The Bertz CT molecular complexity index is 650. The van der Waals surface area contributed by atoms with Crippen LogP contribution in [0.1, 0.15) is 36.8 Å². The van der Waals surface area contributed by atoms with Crippen LogP contribution in [-0.4, -0.2) is 17.0 Å². The lowest BCUT2D eigenvalue weighted by Crippen LogP contribution is -2.15. The van der Waals surface area contributed by atoms with E-state index < -0.39 is 5.97 Å². The standard InChI is InChI=1S/C19H21NO3/c1-2-15(16-6-4-3-5-7-16)13-18(21)20-17-10-8-14(9-11-17)12-19(22)23/h3-11,15H,2,12-13H2,1H3,(H,20,21)(H,22,23). The molecular weight excluding hydrogens is 290 g/mol. The molecule has 120 valence electrons. The summed E-state index contributed by atoms with van der Waals surface area (Å²) in [5.74, 6) is -0.704. The Morgan fingerprint density at radius 1 is 1.04 bits per heavy atom. The highest BCUT2D eigenvalue weighted by atomic mass is 16.4. The third kappa shape index (κ3) is 5.25. The first kappa shape index (κ1) is 16.7. The van der Waals surface area contributed by atoms with E-state index in [0.717, 1.165) is 6.42 Å². The number of hydrogen-bond donors (Lipinski definition) is 2. The second kappa shape index (κ2) is 8.13. The third-order valence-corrected chi connectivity index (χ3v) is 3.79. The lowest BCUT2D eigenvalue weighted by Gasteiger charge is -2.15. The van der Waals surface area contributed by atoms with E-state index in [9.17, 15) is 9.59 Å². The average Bonchev–Trinajstić information content (AvgIpc) is 2.55. The summed E-state index contributed by atoms with van der Waals surface area (Å²) in [6, 6.07) is 16.9.